The zero-order valence-electron chi connectivity index (χ0n) is 7.46. The highest BCUT2D eigenvalue weighted by molar-refractivity contribution is 5.56. The highest BCUT2D eigenvalue weighted by Gasteiger charge is 2.15. The predicted octanol–water partition coefficient (Wildman–Crippen LogP) is 0.994. The first-order chi connectivity index (χ1) is 6.31. The molecule has 1 aliphatic heterocycles. The van der Waals surface area contributed by atoms with Crippen LogP contribution < -0.4 is 11.1 Å². The topological polar surface area (TPSA) is 58.3 Å². The summed E-state index contributed by atoms with van der Waals surface area (Å²) in [6, 6.07) is 6.03. The van der Waals surface area contributed by atoms with Crippen molar-refractivity contribution in [2.75, 3.05) is 11.9 Å². The number of nitrogens with two attached hydrogens (primary N) is 1. The van der Waals surface area contributed by atoms with E-state index in [2.05, 4.69) is 5.32 Å². The maximum absolute atomic E-state index is 8.95. The number of hydrogen-bond donors (Lipinski definition) is 3. The molecule has 0 bridgehead atoms. The van der Waals surface area contributed by atoms with Crippen LogP contribution in [0.1, 0.15) is 23.6 Å². The van der Waals surface area contributed by atoms with Crippen LogP contribution in [-0.4, -0.2) is 11.7 Å². The summed E-state index contributed by atoms with van der Waals surface area (Å²) in [7, 11) is 0. The van der Waals surface area contributed by atoms with Gasteiger partial charge in [0.15, 0.2) is 0 Å². The fourth-order valence-corrected chi connectivity index (χ4v) is 1.70. The van der Waals surface area contributed by atoms with Gasteiger partial charge in [0.1, 0.15) is 0 Å². The molecule has 0 fully saturated rings. The van der Waals surface area contributed by atoms with E-state index >= 15 is 0 Å². The van der Waals surface area contributed by atoms with Gasteiger partial charge in [-0.1, -0.05) is 12.1 Å². The lowest BCUT2D eigenvalue weighted by Crippen LogP contribution is -2.22. The molecule has 1 heterocycles. The minimum atomic E-state index is 0.0875. The highest BCUT2D eigenvalue weighted by Crippen LogP contribution is 2.28. The van der Waals surface area contributed by atoms with E-state index in [1.165, 1.54) is 0 Å². The van der Waals surface area contributed by atoms with Crippen molar-refractivity contribution < 1.29 is 5.11 Å². The molecule has 70 valence electrons. The lowest BCUT2D eigenvalue weighted by atomic mass is 9.97. The molecule has 3 heteroatoms. The Hall–Kier alpha value is -1.06. The first kappa shape index (κ1) is 8.53. The van der Waals surface area contributed by atoms with Gasteiger partial charge in [-0.15, -0.1) is 0 Å². The quantitative estimate of drug-likeness (QED) is 0.601. The Morgan fingerprint density at radius 2 is 2.38 bits per heavy atom. The van der Waals surface area contributed by atoms with Crippen LogP contribution in [0.2, 0.25) is 0 Å². The van der Waals surface area contributed by atoms with Gasteiger partial charge in [-0.3, -0.25) is 0 Å². The third-order valence-corrected chi connectivity index (χ3v) is 2.47. The number of hydrogen-bond acceptors (Lipinski definition) is 3. The van der Waals surface area contributed by atoms with E-state index in [1.54, 1.807) is 0 Å². The fraction of sp³-hybridized carbons (Fsp3) is 0.400. The Balaban J connectivity index is 2.39. The standard InChI is InChI=1S/C10H14N2O/c11-9-3-4-12-10-5-7(6-13)1-2-8(9)10/h1-2,5,9,12-13H,3-4,6,11H2/t9-/m1/s1. The lowest BCUT2D eigenvalue weighted by Gasteiger charge is -2.24. The molecule has 13 heavy (non-hydrogen) atoms. The van der Waals surface area contributed by atoms with Gasteiger partial charge in [0, 0.05) is 18.3 Å². The smallest absolute Gasteiger partial charge is 0.0682 e. The van der Waals surface area contributed by atoms with Gasteiger partial charge >= 0.3 is 0 Å². The Morgan fingerprint density at radius 1 is 1.54 bits per heavy atom. The van der Waals surface area contributed by atoms with Gasteiger partial charge < -0.3 is 16.2 Å². The number of nitrogens with one attached hydrogen (secondary N) is 1. The first-order valence-electron chi connectivity index (χ1n) is 4.54. The Kier molecular flexibility index (Phi) is 2.20. The molecule has 0 aliphatic carbocycles. The third-order valence-electron chi connectivity index (χ3n) is 2.47. The van der Waals surface area contributed by atoms with Crippen molar-refractivity contribution >= 4 is 5.69 Å². The Morgan fingerprint density at radius 3 is 3.15 bits per heavy atom. The van der Waals surface area contributed by atoms with Gasteiger partial charge in [-0.2, -0.15) is 0 Å². The van der Waals surface area contributed by atoms with Crippen LogP contribution in [-0.2, 0) is 6.61 Å². The number of benzene rings is 1. The molecule has 1 aromatic carbocycles. The largest absolute Gasteiger partial charge is 0.392 e. The molecule has 0 saturated carbocycles. The molecule has 0 saturated heterocycles. The molecule has 0 spiro atoms. The number of anilines is 1. The average Bonchev–Trinajstić information content (AvgIpc) is 2.18. The second-order valence-corrected chi connectivity index (χ2v) is 3.40. The second kappa shape index (κ2) is 3.36. The van der Waals surface area contributed by atoms with E-state index in [0.717, 1.165) is 29.8 Å². The van der Waals surface area contributed by atoms with Gasteiger partial charge in [-0.05, 0) is 23.6 Å². The van der Waals surface area contributed by atoms with Crippen molar-refractivity contribution in [3.05, 3.63) is 29.3 Å². The lowest BCUT2D eigenvalue weighted by molar-refractivity contribution is 0.282. The van der Waals surface area contributed by atoms with Gasteiger partial charge in [0.25, 0.3) is 0 Å². The number of fused-ring (bicyclic) bond motifs is 1. The highest BCUT2D eigenvalue weighted by atomic mass is 16.3. The monoisotopic (exact) mass is 178 g/mol. The molecule has 1 aliphatic rings. The van der Waals surface area contributed by atoms with Crippen LogP contribution in [0.4, 0.5) is 5.69 Å². The second-order valence-electron chi connectivity index (χ2n) is 3.40. The number of aliphatic hydroxyl groups excluding tert-OH is 1. The van der Waals surface area contributed by atoms with Crippen molar-refractivity contribution in [2.24, 2.45) is 5.73 Å². The van der Waals surface area contributed by atoms with Crippen molar-refractivity contribution in [2.45, 2.75) is 19.1 Å². The van der Waals surface area contributed by atoms with Crippen molar-refractivity contribution in [3.63, 3.8) is 0 Å². The zero-order chi connectivity index (χ0) is 9.26. The minimum Gasteiger partial charge on any atom is -0.392 e. The summed E-state index contributed by atoms with van der Waals surface area (Å²) >= 11 is 0. The van der Waals surface area contributed by atoms with Crippen molar-refractivity contribution in [1.82, 2.24) is 0 Å². The average molecular weight is 178 g/mol. The fourth-order valence-electron chi connectivity index (χ4n) is 1.70. The molecule has 2 rings (SSSR count). The zero-order valence-corrected chi connectivity index (χ0v) is 7.46. The van der Waals surface area contributed by atoms with Crippen LogP contribution in [0.3, 0.4) is 0 Å². The number of rotatable bonds is 1. The third kappa shape index (κ3) is 1.53. The summed E-state index contributed by atoms with van der Waals surface area (Å²) in [6.07, 6.45) is 0.978. The molecular formula is C10H14N2O. The molecule has 1 aromatic rings. The van der Waals surface area contributed by atoms with Crippen LogP contribution in [0, 0.1) is 0 Å². The van der Waals surface area contributed by atoms with E-state index in [4.69, 9.17) is 10.8 Å². The predicted molar refractivity (Wildman–Crippen MR) is 52.4 cm³/mol. The Bertz CT molecular complexity index is 312. The molecule has 0 aromatic heterocycles. The summed E-state index contributed by atoms with van der Waals surface area (Å²) in [5.41, 5.74) is 9.10. The Labute approximate surface area is 77.6 Å². The van der Waals surface area contributed by atoms with E-state index < -0.39 is 0 Å². The van der Waals surface area contributed by atoms with Gasteiger partial charge in [-0.25, -0.2) is 0 Å². The maximum Gasteiger partial charge on any atom is 0.0682 e. The molecule has 4 N–H and O–H groups in total. The van der Waals surface area contributed by atoms with Crippen LogP contribution in [0.25, 0.3) is 0 Å². The van der Waals surface area contributed by atoms with E-state index in [-0.39, 0.29) is 12.6 Å². The van der Waals surface area contributed by atoms with E-state index in [0.29, 0.717) is 0 Å². The van der Waals surface area contributed by atoms with Crippen molar-refractivity contribution in [3.8, 4) is 0 Å². The summed E-state index contributed by atoms with van der Waals surface area (Å²) in [5, 5.41) is 12.2. The molecular weight excluding hydrogens is 164 g/mol. The molecule has 0 radical (unpaired) electrons. The van der Waals surface area contributed by atoms with Crippen LogP contribution >= 0.6 is 0 Å². The molecule has 3 nitrogen and oxygen atoms in total. The van der Waals surface area contributed by atoms with Gasteiger partial charge in [0.05, 0.1) is 6.61 Å². The normalized spacial score (nSPS) is 20.6. The van der Waals surface area contributed by atoms with Gasteiger partial charge in [0.2, 0.25) is 0 Å². The summed E-state index contributed by atoms with van der Waals surface area (Å²) < 4.78 is 0. The van der Waals surface area contributed by atoms with Crippen LogP contribution in [0.15, 0.2) is 18.2 Å². The van der Waals surface area contributed by atoms with Crippen molar-refractivity contribution in [1.29, 1.82) is 0 Å². The molecule has 1 atom stereocenters. The van der Waals surface area contributed by atoms with E-state index in [9.17, 15) is 0 Å². The summed E-state index contributed by atoms with van der Waals surface area (Å²) in [5.74, 6) is 0. The maximum atomic E-state index is 8.95. The molecule has 0 unspecified atom stereocenters. The molecule has 0 amide bonds. The first-order valence-corrected chi connectivity index (χ1v) is 4.54. The van der Waals surface area contributed by atoms with E-state index in [1.807, 2.05) is 18.2 Å². The summed E-state index contributed by atoms with van der Waals surface area (Å²) in [6.45, 7) is 1.01. The minimum absolute atomic E-state index is 0.0875. The number of aliphatic hydroxyl groups is 1. The van der Waals surface area contributed by atoms with Crippen LogP contribution in [0.5, 0.6) is 0 Å². The summed E-state index contributed by atoms with van der Waals surface area (Å²) in [4.78, 5) is 0. The SMILES string of the molecule is N[C@@H]1CCNc2cc(CO)ccc21.